The molecular weight excluding hydrogens is 228 g/mol. The molecule has 0 radical (unpaired) electrons. The van der Waals surface area contributed by atoms with Crippen LogP contribution in [0.3, 0.4) is 0 Å². The highest BCUT2D eigenvalue weighted by molar-refractivity contribution is 5.75. The number of hydrogen-bond donors (Lipinski definition) is 1. The zero-order valence-corrected chi connectivity index (χ0v) is 11.3. The SMILES string of the molecule is CCCC(NC(C)c1ccncc1)C(=O)OCC. The first kappa shape index (κ1) is 14.6. The standard InChI is InChI=1S/C14H22N2O2/c1-4-6-13(14(17)18-5-2)16-11(3)12-7-9-15-10-8-12/h7-11,13,16H,4-6H2,1-3H3. The molecule has 0 fully saturated rings. The number of ether oxygens (including phenoxy) is 1. The van der Waals surface area contributed by atoms with E-state index in [-0.39, 0.29) is 18.1 Å². The van der Waals surface area contributed by atoms with Crippen LogP contribution in [0.25, 0.3) is 0 Å². The normalized spacial score (nSPS) is 13.9. The van der Waals surface area contributed by atoms with Gasteiger partial charge in [0.1, 0.15) is 6.04 Å². The van der Waals surface area contributed by atoms with Crippen LogP contribution >= 0.6 is 0 Å². The van der Waals surface area contributed by atoms with Gasteiger partial charge in [-0.3, -0.25) is 15.1 Å². The van der Waals surface area contributed by atoms with Crippen molar-refractivity contribution in [3.8, 4) is 0 Å². The van der Waals surface area contributed by atoms with Crippen molar-refractivity contribution in [1.82, 2.24) is 10.3 Å². The lowest BCUT2D eigenvalue weighted by molar-refractivity contribution is -0.146. The molecule has 1 aromatic rings. The second-order valence-corrected chi connectivity index (χ2v) is 4.26. The molecule has 18 heavy (non-hydrogen) atoms. The summed E-state index contributed by atoms with van der Waals surface area (Å²) < 4.78 is 5.08. The van der Waals surface area contributed by atoms with Gasteiger partial charge in [0.15, 0.2) is 0 Å². The Balaban J connectivity index is 2.63. The van der Waals surface area contributed by atoms with E-state index in [1.807, 2.05) is 26.0 Å². The van der Waals surface area contributed by atoms with E-state index >= 15 is 0 Å². The monoisotopic (exact) mass is 250 g/mol. The molecule has 0 aliphatic heterocycles. The van der Waals surface area contributed by atoms with Gasteiger partial charge in [0.2, 0.25) is 0 Å². The first-order chi connectivity index (χ1) is 8.69. The van der Waals surface area contributed by atoms with Crippen LogP contribution in [0.5, 0.6) is 0 Å². The number of nitrogens with zero attached hydrogens (tertiary/aromatic N) is 1. The molecule has 0 aliphatic carbocycles. The minimum absolute atomic E-state index is 0.106. The molecule has 4 heteroatoms. The molecule has 1 aromatic heterocycles. The Morgan fingerprint density at radius 3 is 2.61 bits per heavy atom. The molecule has 0 saturated carbocycles. The zero-order chi connectivity index (χ0) is 13.4. The van der Waals surface area contributed by atoms with Crippen molar-refractivity contribution in [2.24, 2.45) is 0 Å². The van der Waals surface area contributed by atoms with Gasteiger partial charge in [0.25, 0.3) is 0 Å². The number of carbonyl (C=O) groups is 1. The summed E-state index contributed by atoms with van der Waals surface area (Å²) in [5, 5.41) is 3.32. The highest BCUT2D eigenvalue weighted by Gasteiger charge is 2.21. The van der Waals surface area contributed by atoms with Crippen LogP contribution in [-0.2, 0) is 9.53 Å². The molecule has 0 aliphatic rings. The summed E-state index contributed by atoms with van der Waals surface area (Å²) >= 11 is 0. The van der Waals surface area contributed by atoms with Gasteiger partial charge in [-0.1, -0.05) is 13.3 Å². The smallest absolute Gasteiger partial charge is 0.323 e. The van der Waals surface area contributed by atoms with Gasteiger partial charge in [-0.25, -0.2) is 0 Å². The van der Waals surface area contributed by atoms with Crippen molar-refractivity contribution in [2.75, 3.05) is 6.61 Å². The fourth-order valence-corrected chi connectivity index (χ4v) is 1.85. The van der Waals surface area contributed by atoms with Gasteiger partial charge in [0.05, 0.1) is 6.61 Å². The molecule has 1 heterocycles. The van der Waals surface area contributed by atoms with E-state index in [4.69, 9.17) is 4.74 Å². The predicted molar refractivity (Wildman–Crippen MR) is 71.1 cm³/mol. The maximum Gasteiger partial charge on any atom is 0.323 e. The van der Waals surface area contributed by atoms with Crippen LogP contribution in [0.2, 0.25) is 0 Å². The lowest BCUT2D eigenvalue weighted by atomic mass is 10.1. The fraction of sp³-hybridized carbons (Fsp3) is 0.571. The van der Waals surface area contributed by atoms with Crippen LogP contribution in [0.15, 0.2) is 24.5 Å². The molecule has 0 aromatic carbocycles. The predicted octanol–water partition coefficient (Wildman–Crippen LogP) is 2.46. The summed E-state index contributed by atoms with van der Waals surface area (Å²) in [5.74, 6) is -0.166. The molecule has 100 valence electrons. The van der Waals surface area contributed by atoms with E-state index in [0.717, 1.165) is 18.4 Å². The maximum atomic E-state index is 11.8. The Hall–Kier alpha value is -1.42. The van der Waals surface area contributed by atoms with E-state index in [9.17, 15) is 4.79 Å². The maximum absolute atomic E-state index is 11.8. The molecular formula is C14H22N2O2. The number of rotatable bonds is 7. The van der Waals surface area contributed by atoms with Gasteiger partial charge in [-0.05, 0) is 38.0 Å². The number of nitrogens with one attached hydrogen (secondary N) is 1. The summed E-state index contributed by atoms with van der Waals surface area (Å²) in [7, 11) is 0. The van der Waals surface area contributed by atoms with Crippen LogP contribution in [-0.4, -0.2) is 23.6 Å². The zero-order valence-electron chi connectivity index (χ0n) is 11.3. The Morgan fingerprint density at radius 1 is 1.39 bits per heavy atom. The molecule has 0 amide bonds. The summed E-state index contributed by atoms with van der Waals surface area (Å²) in [6.45, 7) is 6.35. The Kier molecular flexibility index (Phi) is 6.36. The quantitative estimate of drug-likeness (QED) is 0.755. The van der Waals surface area contributed by atoms with Crippen LogP contribution < -0.4 is 5.32 Å². The fourth-order valence-electron chi connectivity index (χ4n) is 1.85. The second-order valence-electron chi connectivity index (χ2n) is 4.26. The molecule has 0 spiro atoms. The average molecular weight is 250 g/mol. The first-order valence-corrected chi connectivity index (χ1v) is 6.51. The molecule has 0 saturated heterocycles. The topological polar surface area (TPSA) is 51.2 Å². The van der Waals surface area contributed by atoms with E-state index in [1.165, 1.54) is 0 Å². The summed E-state index contributed by atoms with van der Waals surface area (Å²) in [6, 6.07) is 3.77. The largest absolute Gasteiger partial charge is 0.465 e. The van der Waals surface area contributed by atoms with Gasteiger partial charge in [-0.15, -0.1) is 0 Å². The van der Waals surface area contributed by atoms with Crippen molar-refractivity contribution in [1.29, 1.82) is 0 Å². The number of carbonyl (C=O) groups excluding carboxylic acids is 1. The van der Waals surface area contributed by atoms with E-state index < -0.39 is 0 Å². The van der Waals surface area contributed by atoms with Gasteiger partial charge < -0.3 is 4.74 Å². The van der Waals surface area contributed by atoms with Gasteiger partial charge >= 0.3 is 5.97 Å². The van der Waals surface area contributed by atoms with E-state index in [2.05, 4.69) is 17.2 Å². The molecule has 2 unspecified atom stereocenters. The van der Waals surface area contributed by atoms with Crippen LogP contribution in [0.1, 0.15) is 45.2 Å². The summed E-state index contributed by atoms with van der Waals surface area (Å²) in [5.41, 5.74) is 1.12. The molecule has 1 N–H and O–H groups in total. The lowest BCUT2D eigenvalue weighted by Gasteiger charge is -2.21. The Bertz CT molecular complexity index is 354. The second kappa shape index (κ2) is 7.82. The molecule has 4 nitrogen and oxygen atoms in total. The minimum atomic E-state index is -0.238. The van der Waals surface area contributed by atoms with Crippen LogP contribution in [0.4, 0.5) is 0 Å². The van der Waals surface area contributed by atoms with E-state index in [0.29, 0.717) is 6.61 Å². The first-order valence-electron chi connectivity index (χ1n) is 6.51. The number of esters is 1. The van der Waals surface area contributed by atoms with Crippen LogP contribution in [0, 0.1) is 0 Å². The highest BCUT2D eigenvalue weighted by Crippen LogP contribution is 2.13. The van der Waals surface area contributed by atoms with Gasteiger partial charge in [0, 0.05) is 18.4 Å². The molecule has 0 bridgehead atoms. The average Bonchev–Trinajstić information content (AvgIpc) is 2.39. The van der Waals surface area contributed by atoms with Crippen molar-refractivity contribution in [3.63, 3.8) is 0 Å². The van der Waals surface area contributed by atoms with E-state index in [1.54, 1.807) is 12.4 Å². The van der Waals surface area contributed by atoms with Crippen molar-refractivity contribution in [3.05, 3.63) is 30.1 Å². The third kappa shape index (κ3) is 4.45. The number of pyridine rings is 1. The Labute approximate surface area is 109 Å². The third-order valence-electron chi connectivity index (χ3n) is 2.81. The third-order valence-corrected chi connectivity index (χ3v) is 2.81. The minimum Gasteiger partial charge on any atom is -0.465 e. The molecule has 1 rings (SSSR count). The number of hydrogen-bond acceptors (Lipinski definition) is 4. The lowest BCUT2D eigenvalue weighted by Crippen LogP contribution is -2.39. The van der Waals surface area contributed by atoms with Gasteiger partial charge in [-0.2, -0.15) is 0 Å². The highest BCUT2D eigenvalue weighted by atomic mass is 16.5. The van der Waals surface area contributed by atoms with Crippen molar-refractivity contribution >= 4 is 5.97 Å². The number of aromatic nitrogens is 1. The Morgan fingerprint density at radius 2 is 2.06 bits per heavy atom. The summed E-state index contributed by atoms with van der Waals surface area (Å²) in [6.07, 6.45) is 5.24. The van der Waals surface area contributed by atoms with Crippen molar-refractivity contribution in [2.45, 2.75) is 45.7 Å². The molecule has 2 atom stereocenters. The summed E-state index contributed by atoms with van der Waals surface area (Å²) in [4.78, 5) is 15.8. The van der Waals surface area contributed by atoms with Crippen molar-refractivity contribution < 1.29 is 9.53 Å².